The molecule has 4 aromatic rings. The number of rotatable bonds is 9. The average Bonchev–Trinajstić information content (AvgIpc) is 3.27. The average molecular weight is 598 g/mol. The third kappa shape index (κ3) is 6.09. The van der Waals surface area contributed by atoms with Crippen molar-refractivity contribution in [1.29, 1.82) is 0 Å². The normalized spacial score (nSPS) is 14.7. The molecular formula is C28H32ClN7O4S. The zero-order chi connectivity index (χ0) is 29.3. The lowest BCUT2D eigenvalue weighted by molar-refractivity contribution is -0.119. The number of anilines is 3. The monoisotopic (exact) mass is 597 g/mol. The largest absolute Gasteiger partial charge is 0.495 e. The van der Waals surface area contributed by atoms with Gasteiger partial charge in [0.1, 0.15) is 11.3 Å². The van der Waals surface area contributed by atoms with Gasteiger partial charge in [0.2, 0.25) is 21.9 Å². The van der Waals surface area contributed by atoms with Crippen LogP contribution in [0.1, 0.15) is 24.3 Å². The summed E-state index contributed by atoms with van der Waals surface area (Å²) >= 11 is 6.54. The summed E-state index contributed by atoms with van der Waals surface area (Å²) < 4.78 is 33.2. The molecule has 0 spiro atoms. The van der Waals surface area contributed by atoms with Crippen LogP contribution in [0, 0.1) is 0 Å². The molecule has 41 heavy (non-hydrogen) atoms. The first-order valence-electron chi connectivity index (χ1n) is 13.1. The van der Waals surface area contributed by atoms with E-state index in [0.717, 1.165) is 37.8 Å². The second kappa shape index (κ2) is 11.6. The van der Waals surface area contributed by atoms with Crippen molar-refractivity contribution >= 4 is 50.4 Å². The van der Waals surface area contributed by atoms with Crippen LogP contribution in [0.5, 0.6) is 5.75 Å². The number of nitrogens with zero attached hydrogens (tertiary/aromatic N) is 5. The van der Waals surface area contributed by atoms with E-state index in [1.54, 1.807) is 36.0 Å². The number of fused-ring (bicyclic) bond motifs is 1. The molecule has 0 saturated carbocycles. The lowest BCUT2D eigenvalue weighted by atomic mass is 9.89. The van der Waals surface area contributed by atoms with Gasteiger partial charge >= 0.3 is 0 Å². The molecule has 0 atom stereocenters. The van der Waals surface area contributed by atoms with E-state index < -0.39 is 10.0 Å². The topological polar surface area (TPSA) is 135 Å². The Morgan fingerprint density at radius 2 is 1.93 bits per heavy atom. The molecule has 1 fully saturated rings. The van der Waals surface area contributed by atoms with Crippen LogP contribution in [0.3, 0.4) is 0 Å². The Hall–Kier alpha value is -3.87. The van der Waals surface area contributed by atoms with Gasteiger partial charge in [-0.2, -0.15) is 0 Å². The summed E-state index contributed by atoms with van der Waals surface area (Å²) in [6.07, 6.45) is 4.62. The number of piperidine rings is 1. The molecule has 0 unspecified atom stereocenters. The van der Waals surface area contributed by atoms with Gasteiger partial charge in [0.15, 0.2) is 0 Å². The molecule has 0 bridgehead atoms. The number of carbonyl (C=O) groups is 1. The SMILES string of the molecule is COc1cc(C2CCN(CC(N)=O)CC2)ccc1Nc1ncc2c(Cl)cc(-c3ccccc3N(C)S(C)(=O)=O)n2n1. The van der Waals surface area contributed by atoms with Crippen molar-refractivity contribution in [3.8, 4) is 17.0 Å². The summed E-state index contributed by atoms with van der Waals surface area (Å²) in [7, 11) is -0.376. The van der Waals surface area contributed by atoms with Crippen molar-refractivity contribution in [2.75, 3.05) is 49.7 Å². The third-order valence-corrected chi connectivity index (χ3v) is 8.89. The van der Waals surface area contributed by atoms with E-state index in [9.17, 15) is 13.2 Å². The highest BCUT2D eigenvalue weighted by molar-refractivity contribution is 7.92. The maximum absolute atomic E-state index is 12.3. The van der Waals surface area contributed by atoms with Crippen LogP contribution >= 0.6 is 11.6 Å². The summed E-state index contributed by atoms with van der Waals surface area (Å²) in [4.78, 5) is 17.8. The van der Waals surface area contributed by atoms with Crippen LogP contribution in [-0.2, 0) is 14.8 Å². The standard InChI is InChI=1S/C28H32ClN7O4S/c1-34(41(3,38)39)23-7-5-4-6-20(23)24-15-21(29)25-16-31-28(33-36(24)25)32-22-9-8-19(14-26(22)40-2)18-10-12-35(13-11-18)17-27(30)37/h4-9,14-16,18H,10-13,17H2,1-3H3,(H2,30,37)(H,32,33). The fraction of sp³-hybridized carbons (Fsp3) is 0.321. The van der Waals surface area contributed by atoms with Crippen LogP contribution in [0.15, 0.2) is 54.7 Å². The van der Waals surface area contributed by atoms with Gasteiger partial charge in [0.05, 0.1) is 48.2 Å². The van der Waals surface area contributed by atoms with Gasteiger partial charge in [-0.1, -0.05) is 35.9 Å². The molecule has 1 amide bonds. The van der Waals surface area contributed by atoms with Crippen molar-refractivity contribution in [3.05, 3.63) is 65.3 Å². The van der Waals surface area contributed by atoms with Crippen molar-refractivity contribution in [1.82, 2.24) is 19.5 Å². The number of ether oxygens (including phenoxy) is 1. The number of hydrogen-bond acceptors (Lipinski definition) is 8. The van der Waals surface area contributed by atoms with Crippen LogP contribution in [0.25, 0.3) is 16.8 Å². The van der Waals surface area contributed by atoms with Crippen molar-refractivity contribution < 1.29 is 17.9 Å². The van der Waals surface area contributed by atoms with E-state index >= 15 is 0 Å². The summed E-state index contributed by atoms with van der Waals surface area (Å²) in [6.45, 7) is 1.92. The maximum Gasteiger partial charge on any atom is 0.245 e. The van der Waals surface area contributed by atoms with Gasteiger partial charge in [-0.3, -0.25) is 14.0 Å². The van der Waals surface area contributed by atoms with E-state index in [0.29, 0.717) is 50.8 Å². The number of benzene rings is 2. The molecule has 2 aromatic heterocycles. The summed E-state index contributed by atoms with van der Waals surface area (Å²) in [6, 6.07) is 14.9. The van der Waals surface area contributed by atoms with Crippen LogP contribution in [-0.4, -0.2) is 73.9 Å². The molecule has 3 N–H and O–H groups in total. The number of para-hydroxylation sites is 1. The van der Waals surface area contributed by atoms with Gasteiger partial charge in [0, 0.05) is 12.6 Å². The molecule has 2 aromatic carbocycles. The molecule has 5 rings (SSSR count). The Balaban J connectivity index is 1.43. The molecule has 13 heteroatoms. The minimum Gasteiger partial charge on any atom is -0.495 e. The number of carbonyl (C=O) groups excluding carboxylic acids is 1. The van der Waals surface area contributed by atoms with Gasteiger partial charge < -0.3 is 15.8 Å². The number of methoxy groups -OCH3 is 1. The van der Waals surface area contributed by atoms with E-state index in [-0.39, 0.29) is 12.5 Å². The zero-order valence-corrected chi connectivity index (χ0v) is 24.6. The first kappa shape index (κ1) is 28.7. The molecule has 0 aliphatic carbocycles. The van der Waals surface area contributed by atoms with Gasteiger partial charge in [-0.15, -0.1) is 5.10 Å². The summed E-state index contributed by atoms with van der Waals surface area (Å²) in [5, 5.41) is 8.38. The molecule has 1 saturated heterocycles. The second-order valence-electron chi connectivity index (χ2n) is 10.1. The van der Waals surface area contributed by atoms with E-state index in [2.05, 4.69) is 21.3 Å². The quantitative estimate of drug-likeness (QED) is 0.297. The molecule has 3 heterocycles. The van der Waals surface area contributed by atoms with Crippen LogP contribution in [0.2, 0.25) is 5.02 Å². The fourth-order valence-corrected chi connectivity index (χ4v) is 5.92. The molecule has 1 aliphatic heterocycles. The minimum atomic E-state index is -3.50. The number of nitrogens with one attached hydrogen (secondary N) is 1. The second-order valence-corrected chi connectivity index (χ2v) is 12.5. The zero-order valence-electron chi connectivity index (χ0n) is 23.0. The van der Waals surface area contributed by atoms with Crippen molar-refractivity contribution in [2.45, 2.75) is 18.8 Å². The number of primary amides is 1. The number of likely N-dealkylation sites (tertiary alicyclic amines) is 1. The number of hydrogen-bond donors (Lipinski definition) is 2. The Bertz CT molecular complexity index is 1700. The molecule has 1 aliphatic rings. The number of sulfonamides is 1. The maximum atomic E-state index is 12.3. The highest BCUT2D eigenvalue weighted by atomic mass is 35.5. The van der Waals surface area contributed by atoms with E-state index in [4.69, 9.17) is 27.2 Å². The van der Waals surface area contributed by atoms with Gasteiger partial charge in [0.25, 0.3) is 0 Å². The fourth-order valence-electron chi connectivity index (χ4n) is 5.18. The lowest BCUT2D eigenvalue weighted by Crippen LogP contribution is -2.39. The predicted octanol–water partition coefficient (Wildman–Crippen LogP) is 3.86. The molecule has 11 nitrogen and oxygen atoms in total. The van der Waals surface area contributed by atoms with Crippen molar-refractivity contribution in [3.63, 3.8) is 0 Å². The molecule has 0 radical (unpaired) electrons. The number of halogens is 1. The first-order chi connectivity index (χ1) is 19.5. The van der Waals surface area contributed by atoms with Crippen LogP contribution < -0.4 is 20.1 Å². The highest BCUT2D eigenvalue weighted by Crippen LogP contribution is 2.37. The van der Waals surface area contributed by atoms with E-state index in [1.165, 1.54) is 11.4 Å². The smallest absolute Gasteiger partial charge is 0.245 e. The predicted molar refractivity (Wildman–Crippen MR) is 161 cm³/mol. The Kier molecular flexibility index (Phi) is 8.07. The van der Waals surface area contributed by atoms with Gasteiger partial charge in [-0.05, 0) is 61.7 Å². The summed E-state index contributed by atoms with van der Waals surface area (Å²) in [5.74, 6) is 1.01. The summed E-state index contributed by atoms with van der Waals surface area (Å²) in [5.41, 5.74) is 9.54. The Morgan fingerprint density at radius 1 is 1.20 bits per heavy atom. The molecular weight excluding hydrogens is 566 g/mol. The van der Waals surface area contributed by atoms with Crippen molar-refractivity contribution in [2.24, 2.45) is 5.73 Å². The Morgan fingerprint density at radius 3 is 2.61 bits per heavy atom. The van der Waals surface area contributed by atoms with E-state index in [1.807, 2.05) is 24.3 Å². The van der Waals surface area contributed by atoms with Gasteiger partial charge in [-0.25, -0.2) is 17.9 Å². The lowest BCUT2D eigenvalue weighted by Gasteiger charge is -2.31. The first-order valence-corrected chi connectivity index (χ1v) is 15.3. The Labute approximate surface area is 243 Å². The van der Waals surface area contributed by atoms with Crippen LogP contribution in [0.4, 0.5) is 17.3 Å². The third-order valence-electron chi connectivity index (χ3n) is 7.40. The number of amides is 1. The highest BCUT2D eigenvalue weighted by Gasteiger charge is 2.23. The minimum absolute atomic E-state index is 0.289. The molecule has 216 valence electrons. The number of nitrogens with two attached hydrogens (primary N) is 1. The number of aromatic nitrogens is 3.